The summed E-state index contributed by atoms with van der Waals surface area (Å²) in [6.07, 6.45) is 4.19. The highest BCUT2D eigenvalue weighted by Gasteiger charge is 2.28. The van der Waals surface area contributed by atoms with Crippen molar-refractivity contribution in [3.05, 3.63) is 52.9 Å². The van der Waals surface area contributed by atoms with Crippen molar-refractivity contribution in [2.45, 2.75) is 19.3 Å². The summed E-state index contributed by atoms with van der Waals surface area (Å²) in [7, 11) is 3.08. The Kier molecular flexibility index (Phi) is 4.66. The Morgan fingerprint density at radius 1 is 1.26 bits per heavy atom. The number of hydrogen-bond acceptors (Lipinski definition) is 4. The average Bonchev–Trinajstić information content (AvgIpc) is 3.06. The van der Waals surface area contributed by atoms with Gasteiger partial charge in [-0.1, -0.05) is 17.7 Å². The number of fused-ring (bicyclic) bond motifs is 3. The lowest BCUT2D eigenvalue weighted by atomic mass is 9.89. The molecule has 2 aromatic heterocycles. The number of methoxy groups -OCH3 is 2. The topological polar surface area (TPSA) is 64.9 Å². The van der Waals surface area contributed by atoms with E-state index in [1.54, 1.807) is 19.2 Å². The van der Waals surface area contributed by atoms with Gasteiger partial charge in [-0.25, -0.2) is 4.98 Å². The molecular weight excluding hydrogens is 366 g/mol. The maximum absolute atomic E-state index is 12.9. The molecule has 0 fully saturated rings. The number of carbonyl (C=O) groups is 1. The van der Waals surface area contributed by atoms with Gasteiger partial charge in [-0.2, -0.15) is 0 Å². The number of nitrogens with one attached hydrogen (secondary N) is 1. The van der Waals surface area contributed by atoms with E-state index in [9.17, 15) is 4.79 Å². The monoisotopic (exact) mass is 385 g/mol. The van der Waals surface area contributed by atoms with Crippen molar-refractivity contribution < 1.29 is 14.3 Å². The fraction of sp³-hybridized carbons (Fsp3) is 0.300. The molecule has 3 aromatic rings. The molecule has 0 spiro atoms. The van der Waals surface area contributed by atoms with Gasteiger partial charge < -0.3 is 19.2 Å². The van der Waals surface area contributed by atoms with Crippen LogP contribution in [0, 0.1) is 5.92 Å². The molecule has 1 amide bonds. The number of anilines is 1. The first-order chi connectivity index (χ1) is 13.1. The summed E-state index contributed by atoms with van der Waals surface area (Å²) in [5, 5.41) is 3.40. The summed E-state index contributed by atoms with van der Waals surface area (Å²) in [5.41, 5.74) is 3.66. The van der Waals surface area contributed by atoms with Gasteiger partial charge in [-0.05, 0) is 25.0 Å². The molecule has 6 nitrogen and oxygen atoms in total. The quantitative estimate of drug-likeness (QED) is 0.742. The molecular formula is C20H20ClN3O3. The molecule has 7 heteroatoms. The van der Waals surface area contributed by atoms with Gasteiger partial charge in [0.15, 0.2) is 0 Å². The number of benzene rings is 1. The zero-order valence-electron chi connectivity index (χ0n) is 15.2. The molecule has 1 aliphatic rings. The van der Waals surface area contributed by atoms with Gasteiger partial charge in [-0.3, -0.25) is 4.79 Å². The van der Waals surface area contributed by atoms with E-state index in [2.05, 4.69) is 14.7 Å². The highest BCUT2D eigenvalue weighted by Crippen LogP contribution is 2.36. The number of aryl methyl sites for hydroxylation is 1. The first kappa shape index (κ1) is 17.7. The molecule has 27 heavy (non-hydrogen) atoms. The minimum atomic E-state index is -0.135. The molecule has 1 aliphatic carbocycles. The van der Waals surface area contributed by atoms with Gasteiger partial charge >= 0.3 is 0 Å². The van der Waals surface area contributed by atoms with Crippen molar-refractivity contribution in [3.63, 3.8) is 0 Å². The van der Waals surface area contributed by atoms with Gasteiger partial charge in [0.1, 0.15) is 17.1 Å². The second-order valence-corrected chi connectivity index (χ2v) is 6.96. The third-order valence-corrected chi connectivity index (χ3v) is 5.28. The minimum absolute atomic E-state index is 0.0470. The first-order valence-electron chi connectivity index (χ1n) is 8.78. The summed E-state index contributed by atoms with van der Waals surface area (Å²) in [6.45, 7) is 0. The predicted molar refractivity (Wildman–Crippen MR) is 104 cm³/mol. The number of imidazole rings is 1. The van der Waals surface area contributed by atoms with E-state index < -0.39 is 0 Å². The van der Waals surface area contributed by atoms with E-state index >= 15 is 0 Å². The fourth-order valence-electron chi connectivity index (χ4n) is 3.57. The lowest BCUT2D eigenvalue weighted by Gasteiger charge is -2.22. The van der Waals surface area contributed by atoms with Crippen LogP contribution in [0.15, 0.2) is 36.5 Å². The number of ether oxygens (including phenoxy) is 2. The largest absolute Gasteiger partial charge is 0.495 e. The smallest absolute Gasteiger partial charge is 0.227 e. The second kappa shape index (κ2) is 7.12. The maximum Gasteiger partial charge on any atom is 0.227 e. The van der Waals surface area contributed by atoms with Gasteiger partial charge in [0.2, 0.25) is 5.91 Å². The highest BCUT2D eigenvalue weighted by atomic mass is 35.5. The zero-order valence-corrected chi connectivity index (χ0v) is 15.9. The standard InChI is InChI=1S/C20H20ClN3O3/c1-26-17-11-15(18(27-2)10-13(17)21)23-20(25)12-6-7-14-16(9-12)24-8-4-3-5-19(24)22-14/h3-5,8,10-12H,6-7,9H2,1-2H3,(H,23,25). The Hall–Kier alpha value is -2.73. The molecule has 0 aliphatic heterocycles. The van der Waals surface area contributed by atoms with Crippen molar-refractivity contribution in [2.24, 2.45) is 5.92 Å². The van der Waals surface area contributed by atoms with Crippen LogP contribution < -0.4 is 14.8 Å². The molecule has 1 unspecified atom stereocenters. The van der Waals surface area contributed by atoms with Crippen molar-refractivity contribution in [2.75, 3.05) is 19.5 Å². The summed E-state index contributed by atoms with van der Waals surface area (Å²) in [6, 6.07) is 9.25. The number of amides is 1. The minimum Gasteiger partial charge on any atom is -0.495 e. The SMILES string of the molecule is COc1cc(NC(=O)C2CCc3nc4ccccn4c3C2)c(OC)cc1Cl. The third-order valence-electron chi connectivity index (χ3n) is 4.98. The van der Waals surface area contributed by atoms with Crippen LogP contribution >= 0.6 is 11.6 Å². The van der Waals surface area contributed by atoms with Crippen LogP contribution in [0.5, 0.6) is 11.5 Å². The molecule has 0 saturated heterocycles. The predicted octanol–water partition coefficient (Wildman–Crippen LogP) is 3.75. The Morgan fingerprint density at radius 2 is 2.07 bits per heavy atom. The summed E-state index contributed by atoms with van der Waals surface area (Å²) >= 11 is 6.14. The van der Waals surface area contributed by atoms with Gasteiger partial charge in [0, 0.05) is 36.4 Å². The summed E-state index contributed by atoms with van der Waals surface area (Å²) in [5.74, 6) is 0.805. The van der Waals surface area contributed by atoms with Crippen LogP contribution in [0.3, 0.4) is 0 Å². The van der Waals surface area contributed by atoms with Crippen LogP contribution in [0.2, 0.25) is 5.02 Å². The van der Waals surface area contributed by atoms with E-state index in [-0.39, 0.29) is 11.8 Å². The van der Waals surface area contributed by atoms with Crippen molar-refractivity contribution >= 4 is 28.8 Å². The number of halogens is 1. The Morgan fingerprint density at radius 3 is 2.85 bits per heavy atom. The van der Waals surface area contributed by atoms with Gasteiger partial charge in [0.05, 0.1) is 30.6 Å². The molecule has 4 rings (SSSR count). The molecule has 1 atom stereocenters. The van der Waals surface area contributed by atoms with E-state index in [0.29, 0.717) is 28.6 Å². The van der Waals surface area contributed by atoms with Crippen LogP contribution in [-0.2, 0) is 17.6 Å². The normalized spacial score (nSPS) is 16.0. The van der Waals surface area contributed by atoms with Crippen LogP contribution in [-0.4, -0.2) is 29.5 Å². The Balaban J connectivity index is 1.58. The molecule has 140 valence electrons. The summed E-state index contributed by atoms with van der Waals surface area (Å²) in [4.78, 5) is 17.6. The van der Waals surface area contributed by atoms with E-state index in [0.717, 1.165) is 29.9 Å². The van der Waals surface area contributed by atoms with Gasteiger partial charge in [0.25, 0.3) is 0 Å². The van der Waals surface area contributed by atoms with E-state index in [1.807, 2.05) is 24.4 Å². The molecule has 0 radical (unpaired) electrons. The van der Waals surface area contributed by atoms with E-state index in [1.165, 1.54) is 7.11 Å². The summed E-state index contributed by atoms with van der Waals surface area (Å²) < 4.78 is 12.7. The number of hydrogen-bond donors (Lipinski definition) is 1. The maximum atomic E-state index is 12.9. The zero-order chi connectivity index (χ0) is 19.0. The number of pyridine rings is 1. The number of nitrogens with zero attached hydrogens (tertiary/aromatic N) is 2. The van der Waals surface area contributed by atoms with Crippen LogP contribution in [0.4, 0.5) is 5.69 Å². The Bertz CT molecular complexity index is 1020. The number of aromatic nitrogens is 2. The molecule has 0 bridgehead atoms. The first-order valence-corrected chi connectivity index (χ1v) is 9.15. The van der Waals surface area contributed by atoms with Crippen molar-refractivity contribution in [1.82, 2.24) is 9.38 Å². The highest BCUT2D eigenvalue weighted by molar-refractivity contribution is 6.32. The lowest BCUT2D eigenvalue weighted by Crippen LogP contribution is -2.28. The van der Waals surface area contributed by atoms with Gasteiger partial charge in [-0.15, -0.1) is 0 Å². The van der Waals surface area contributed by atoms with Crippen molar-refractivity contribution in [3.8, 4) is 11.5 Å². The Labute approximate surface area is 162 Å². The van der Waals surface area contributed by atoms with Crippen molar-refractivity contribution in [1.29, 1.82) is 0 Å². The average molecular weight is 386 g/mol. The third kappa shape index (κ3) is 3.21. The van der Waals surface area contributed by atoms with E-state index in [4.69, 9.17) is 21.1 Å². The number of rotatable bonds is 4. The number of carbonyl (C=O) groups excluding carboxylic acids is 1. The lowest BCUT2D eigenvalue weighted by molar-refractivity contribution is -0.120. The molecule has 1 N–H and O–H groups in total. The van der Waals surface area contributed by atoms with Crippen LogP contribution in [0.25, 0.3) is 5.65 Å². The molecule has 2 heterocycles. The molecule has 1 aromatic carbocycles. The second-order valence-electron chi connectivity index (χ2n) is 6.55. The molecule has 0 saturated carbocycles. The fourth-order valence-corrected chi connectivity index (χ4v) is 3.81. The van der Waals surface area contributed by atoms with Crippen LogP contribution in [0.1, 0.15) is 17.8 Å².